The van der Waals surface area contributed by atoms with E-state index >= 15 is 0 Å². The number of ether oxygens (including phenoxy) is 1. The molecule has 0 aromatic heterocycles. The number of benzene rings is 2. The molecule has 0 saturated heterocycles. The molecule has 0 bridgehead atoms. The highest BCUT2D eigenvalue weighted by Gasteiger charge is 2.09. The largest absolute Gasteiger partial charge is 0.497 e. The van der Waals surface area contributed by atoms with E-state index in [0.717, 1.165) is 11.1 Å². The van der Waals surface area contributed by atoms with Gasteiger partial charge in [0.05, 0.1) is 16.8 Å². The van der Waals surface area contributed by atoms with E-state index in [9.17, 15) is 4.21 Å². The van der Waals surface area contributed by atoms with Crippen molar-refractivity contribution in [3.8, 4) is 16.9 Å². The number of hydrogen-bond acceptors (Lipinski definition) is 3. The summed E-state index contributed by atoms with van der Waals surface area (Å²) in [4.78, 5) is 0.490. The van der Waals surface area contributed by atoms with Gasteiger partial charge in [-0.15, -0.1) is 0 Å². The van der Waals surface area contributed by atoms with Crippen LogP contribution in [0.3, 0.4) is 0 Å². The van der Waals surface area contributed by atoms with Crippen molar-refractivity contribution in [2.75, 3.05) is 13.4 Å². The average Bonchev–Trinajstić information content (AvgIpc) is 2.38. The number of hydrogen-bond donors (Lipinski definition) is 1. The Hall–Kier alpha value is -1.52. The zero-order chi connectivity index (χ0) is 14.0. The first kappa shape index (κ1) is 13.9. The molecular formula is C14H14ClNO2S. The van der Waals surface area contributed by atoms with Gasteiger partial charge >= 0.3 is 0 Å². The Morgan fingerprint density at radius 2 is 1.95 bits per heavy atom. The van der Waals surface area contributed by atoms with E-state index in [1.54, 1.807) is 37.4 Å². The Kier molecular flexibility index (Phi) is 3.83. The zero-order valence-electron chi connectivity index (χ0n) is 10.6. The fourth-order valence-electron chi connectivity index (χ4n) is 1.76. The summed E-state index contributed by atoms with van der Waals surface area (Å²) in [5.74, 6) is 0.702. The lowest BCUT2D eigenvalue weighted by atomic mass is 10.1. The fraction of sp³-hybridized carbons (Fsp3) is 0.143. The van der Waals surface area contributed by atoms with E-state index in [-0.39, 0.29) is 0 Å². The molecule has 2 aromatic carbocycles. The summed E-state index contributed by atoms with van der Waals surface area (Å²) in [5.41, 5.74) is 1.62. The van der Waals surface area contributed by atoms with Crippen molar-refractivity contribution in [3.05, 3.63) is 47.5 Å². The first-order chi connectivity index (χ1) is 8.91. The first-order valence-electron chi connectivity index (χ1n) is 5.59. The van der Waals surface area contributed by atoms with Gasteiger partial charge in [0, 0.05) is 21.7 Å². The van der Waals surface area contributed by atoms with Crippen molar-refractivity contribution in [2.45, 2.75) is 4.90 Å². The quantitative estimate of drug-likeness (QED) is 0.928. The Labute approximate surface area is 118 Å². The van der Waals surface area contributed by atoms with Crippen molar-refractivity contribution in [3.63, 3.8) is 0 Å². The van der Waals surface area contributed by atoms with Gasteiger partial charge in [-0.25, -0.2) is 8.99 Å². The minimum atomic E-state index is -2.74. The van der Waals surface area contributed by atoms with Crippen LogP contribution >= 0.6 is 11.6 Å². The van der Waals surface area contributed by atoms with Gasteiger partial charge < -0.3 is 4.74 Å². The van der Waals surface area contributed by atoms with Crippen LogP contribution in [0.5, 0.6) is 5.75 Å². The maximum Gasteiger partial charge on any atom is 0.119 e. The molecule has 0 amide bonds. The van der Waals surface area contributed by atoms with E-state index in [4.69, 9.17) is 21.1 Å². The smallest absolute Gasteiger partial charge is 0.119 e. The molecule has 1 unspecified atom stereocenters. The molecule has 2 aromatic rings. The van der Waals surface area contributed by atoms with Crippen molar-refractivity contribution in [1.82, 2.24) is 0 Å². The summed E-state index contributed by atoms with van der Waals surface area (Å²) < 4.78 is 24.6. The Bertz CT molecular complexity index is 711. The van der Waals surface area contributed by atoms with E-state index in [1.165, 1.54) is 6.26 Å². The van der Waals surface area contributed by atoms with Gasteiger partial charge in [0.15, 0.2) is 0 Å². The molecule has 0 aliphatic heterocycles. The molecule has 0 aliphatic rings. The second-order valence-electron chi connectivity index (χ2n) is 4.22. The van der Waals surface area contributed by atoms with Crippen LogP contribution in [0.2, 0.25) is 5.02 Å². The van der Waals surface area contributed by atoms with E-state index < -0.39 is 9.73 Å². The third kappa shape index (κ3) is 3.08. The summed E-state index contributed by atoms with van der Waals surface area (Å²) in [5, 5.41) is 0.588. The predicted molar refractivity (Wildman–Crippen MR) is 78.5 cm³/mol. The van der Waals surface area contributed by atoms with Gasteiger partial charge in [0.1, 0.15) is 5.75 Å². The summed E-state index contributed by atoms with van der Waals surface area (Å²) in [7, 11) is -1.15. The van der Waals surface area contributed by atoms with E-state index in [2.05, 4.69) is 0 Å². The highest BCUT2D eigenvalue weighted by atomic mass is 35.5. The zero-order valence-corrected chi connectivity index (χ0v) is 12.2. The molecule has 0 fully saturated rings. The van der Waals surface area contributed by atoms with Crippen LogP contribution in [0, 0.1) is 4.78 Å². The number of nitrogens with one attached hydrogen (secondary N) is 1. The molecular weight excluding hydrogens is 282 g/mol. The fourth-order valence-corrected chi connectivity index (χ4v) is 2.68. The predicted octanol–water partition coefficient (Wildman–Crippen LogP) is 4.05. The molecule has 100 valence electrons. The van der Waals surface area contributed by atoms with Crippen molar-refractivity contribution < 1.29 is 8.95 Å². The molecule has 5 heteroatoms. The topological polar surface area (TPSA) is 50.1 Å². The lowest BCUT2D eigenvalue weighted by molar-refractivity contribution is 0.415. The first-order valence-corrected chi connectivity index (χ1v) is 7.94. The summed E-state index contributed by atoms with van der Waals surface area (Å²) >= 11 is 6.18. The van der Waals surface area contributed by atoms with E-state index in [1.807, 2.05) is 12.1 Å². The van der Waals surface area contributed by atoms with Crippen LogP contribution in [0.1, 0.15) is 0 Å². The van der Waals surface area contributed by atoms with Crippen LogP contribution < -0.4 is 4.74 Å². The minimum absolute atomic E-state index is 0.490. The molecule has 0 heterocycles. The lowest BCUT2D eigenvalue weighted by Crippen LogP contribution is -1.95. The van der Waals surface area contributed by atoms with Crippen LogP contribution in [0.15, 0.2) is 47.4 Å². The van der Waals surface area contributed by atoms with Crippen molar-refractivity contribution in [2.24, 2.45) is 0 Å². The maximum absolute atomic E-state index is 11.8. The minimum Gasteiger partial charge on any atom is -0.497 e. The number of halogens is 1. The molecule has 1 atom stereocenters. The molecule has 0 spiro atoms. The molecule has 0 aliphatic carbocycles. The van der Waals surface area contributed by atoms with E-state index in [0.29, 0.717) is 15.7 Å². The van der Waals surface area contributed by atoms with Gasteiger partial charge in [0.2, 0.25) is 0 Å². The maximum atomic E-state index is 11.8. The SMILES string of the molecule is COc1ccc(Cl)c(-c2cccc(S(C)(=N)=O)c2)c1. The Morgan fingerprint density at radius 1 is 1.21 bits per heavy atom. The molecule has 1 N–H and O–H groups in total. The normalized spacial score (nSPS) is 13.8. The lowest BCUT2D eigenvalue weighted by Gasteiger charge is -2.09. The summed E-state index contributed by atoms with van der Waals surface area (Å²) in [6.07, 6.45) is 1.40. The second-order valence-corrected chi connectivity index (χ2v) is 6.78. The molecule has 0 saturated carbocycles. The Morgan fingerprint density at radius 3 is 2.58 bits per heavy atom. The van der Waals surface area contributed by atoms with Crippen molar-refractivity contribution >= 4 is 21.3 Å². The van der Waals surface area contributed by atoms with Crippen LogP contribution in [-0.4, -0.2) is 17.6 Å². The number of methoxy groups -OCH3 is 1. The molecule has 0 radical (unpaired) electrons. The van der Waals surface area contributed by atoms with Crippen LogP contribution in [0.25, 0.3) is 11.1 Å². The van der Waals surface area contributed by atoms with Gasteiger partial charge in [-0.05, 0) is 35.9 Å². The standard InChI is InChI=1S/C14H14ClNO2S/c1-18-11-6-7-14(15)13(9-11)10-4-3-5-12(8-10)19(2,16)17/h3-9,16H,1-2H3. The van der Waals surface area contributed by atoms with Crippen molar-refractivity contribution in [1.29, 1.82) is 4.78 Å². The summed E-state index contributed by atoms with van der Waals surface area (Å²) in [6.45, 7) is 0. The Balaban J connectivity index is 2.59. The van der Waals surface area contributed by atoms with Gasteiger partial charge in [-0.3, -0.25) is 0 Å². The highest BCUT2D eigenvalue weighted by Crippen LogP contribution is 2.32. The average molecular weight is 296 g/mol. The number of rotatable bonds is 3. The van der Waals surface area contributed by atoms with Crippen LogP contribution in [-0.2, 0) is 9.73 Å². The third-order valence-corrected chi connectivity index (χ3v) is 4.25. The molecule has 19 heavy (non-hydrogen) atoms. The molecule has 3 nitrogen and oxygen atoms in total. The van der Waals surface area contributed by atoms with Gasteiger partial charge in [-0.2, -0.15) is 0 Å². The van der Waals surface area contributed by atoms with Crippen LogP contribution in [0.4, 0.5) is 0 Å². The third-order valence-electron chi connectivity index (χ3n) is 2.77. The van der Waals surface area contributed by atoms with Gasteiger partial charge in [-0.1, -0.05) is 23.7 Å². The molecule has 2 rings (SSSR count). The summed E-state index contributed by atoms with van der Waals surface area (Å²) in [6, 6.07) is 12.4. The second kappa shape index (κ2) is 5.23. The monoisotopic (exact) mass is 295 g/mol. The highest BCUT2D eigenvalue weighted by molar-refractivity contribution is 7.91. The van der Waals surface area contributed by atoms with Gasteiger partial charge in [0.25, 0.3) is 0 Å².